The zero-order valence-electron chi connectivity index (χ0n) is 13.5. The normalized spacial score (nSPS) is 12.4. The molecule has 0 bridgehead atoms. The third-order valence-corrected chi connectivity index (χ3v) is 3.72. The molecule has 0 fully saturated rings. The summed E-state index contributed by atoms with van der Waals surface area (Å²) in [6, 6.07) is 14.8. The summed E-state index contributed by atoms with van der Waals surface area (Å²) in [5, 5.41) is 3.58. The van der Waals surface area contributed by atoms with Crippen molar-refractivity contribution in [1.82, 2.24) is 5.32 Å². The molecule has 0 radical (unpaired) electrons. The van der Waals surface area contributed by atoms with Gasteiger partial charge in [-0.05, 0) is 54.3 Å². The van der Waals surface area contributed by atoms with E-state index < -0.39 is 0 Å². The van der Waals surface area contributed by atoms with E-state index in [0.717, 1.165) is 29.8 Å². The summed E-state index contributed by atoms with van der Waals surface area (Å²) in [6.45, 7) is 5.34. The maximum atomic E-state index is 13.2. The van der Waals surface area contributed by atoms with Gasteiger partial charge in [0.05, 0.1) is 13.2 Å². The van der Waals surface area contributed by atoms with Crippen molar-refractivity contribution in [3.05, 3.63) is 65.5 Å². The average molecular weight is 301 g/mol. The first-order valence-electron chi connectivity index (χ1n) is 7.73. The number of hydrogen-bond donors (Lipinski definition) is 1. The standard InChI is InChI=1S/C19H24FNO/c1-14(2)12-13-21-19(15-4-8-17(20)9-5-15)16-6-10-18(22-3)11-7-16/h4-11,14,19,21H,12-13H2,1-3H3. The molecule has 0 heterocycles. The number of ether oxygens (including phenoxy) is 1. The van der Waals surface area contributed by atoms with Crippen LogP contribution in [0.25, 0.3) is 0 Å². The van der Waals surface area contributed by atoms with Crippen LogP contribution in [0.4, 0.5) is 4.39 Å². The van der Waals surface area contributed by atoms with Crippen molar-refractivity contribution in [3.63, 3.8) is 0 Å². The van der Waals surface area contributed by atoms with Gasteiger partial charge in [0, 0.05) is 0 Å². The van der Waals surface area contributed by atoms with Gasteiger partial charge in [-0.25, -0.2) is 4.39 Å². The Hall–Kier alpha value is -1.87. The predicted octanol–water partition coefficient (Wildman–Crippen LogP) is 4.56. The van der Waals surface area contributed by atoms with Gasteiger partial charge in [0.25, 0.3) is 0 Å². The fraction of sp³-hybridized carbons (Fsp3) is 0.368. The van der Waals surface area contributed by atoms with Gasteiger partial charge in [-0.15, -0.1) is 0 Å². The van der Waals surface area contributed by atoms with Crippen molar-refractivity contribution < 1.29 is 9.13 Å². The van der Waals surface area contributed by atoms with Crippen molar-refractivity contribution >= 4 is 0 Å². The highest BCUT2D eigenvalue weighted by molar-refractivity contribution is 5.35. The number of rotatable bonds is 7. The second kappa shape index (κ2) is 7.95. The molecule has 1 N–H and O–H groups in total. The van der Waals surface area contributed by atoms with Crippen LogP contribution in [0.5, 0.6) is 5.75 Å². The topological polar surface area (TPSA) is 21.3 Å². The predicted molar refractivity (Wildman–Crippen MR) is 88.7 cm³/mol. The number of nitrogens with one attached hydrogen (secondary N) is 1. The molecule has 0 amide bonds. The smallest absolute Gasteiger partial charge is 0.123 e. The van der Waals surface area contributed by atoms with Crippen molar-refractivity contribution in [3.8, 4) is 5.75 Å². The van der Waals surface area contributed by atoms with Gasteiger partial charge in [-0.2, -0.15) is 0 Å². The van der Waals surface area contributed by atoms with Gasteiger partial charge in [0.15, 0.2) is 0 Å². The highest BCUT2D eigenvalue weighted by Gasteiger charge is 2.14. The molecule has 2 nitrogen and oxygen atoms in total. The molecule has 0 saturated heterocycles. The van der Waals surface area contributed by atoms with Crippen LogP contribution >= 0.6 is 0 Å². The Labute approximate surface area is 132 Å². The van der Waals surface area contributed by atoms with E-state index in [1.807, 2.05) is 24.3 Å². The van der Waals surface area contributed by atoms with Crippen molar-refractivity contribution in [1.29, 1.82) is 0 Å². The monoisotopic (exact) mass is 301 g/mol. The van der Waals surface area contributed by atoms with Crippen LogP contribution in [-0.4, -0.2) is 13.7 Å². The third-order valence-electron chi connectivity index (χ3n) is 3.72. The fourth-order valence-electron chi connectivity index (χ4n) is 2.40. The molecule has 0 aliphatic rings. The van der Waals surface area contributed by atoms with Gasteiger partial charge < -0.3 is 10.1 Å². The highest BCUT2D eigenvalue weighted by atomic mass is 19.1. The summed E-state index contributed by atoms with van der Waals surface area (Å²) >= 11 is 0. The van der Waals surface area contributed by atoms with Crippen LogP contribution < -0.4 is 10.1 Å². The van der Waals surface area contributed by atoms with E-state index in [1.54, 1.807) is 7.11 Å². The molecule has 1 atom stereocenters. The number of benzene rings is 2. The van der Waals surface area contributed by atoms with E-state index in [4.69, 9.17) is 4.74 Å². The molecule has 1 unspecified atom stereocenters. The first kappa shape index (κ1) is 16.5. The second-order valence-electron chi connectivity index (χ2n) is 5.89. The van der Waals surface area contributed by atoms with Crippen LogP contribution in [0.1, 0.15) is 37.4 Å². The lowest BCUT2D eigenvalue weighted by Gasteiger charge is -2.21. The maximum absolute atomic E-state index is 13.2. The van der Waals surface area contributed by atoms with Crippen molar-refractivity contribution in [2.24, 2.45) is 5.92 Å². The van der Waals surface area contributed by atoms with Gasteiger partial charge in [-0.1, -0.05) is 38.1 Å². The molecule has 0 saturated carbocycles. The largest absolute Gasteiger partial charge is 0.497 e. The quantitative estimate of drug-likeness (QED) is 0.809. The van der Waals surface area contributed by atoms with Crippen LogP contribution in [0.15, 0.2) is 48.5 Å². The molecule has 0 spiro atoms. The van der Waals surface area contributed by atoms with Crippen molar-refractivity contribution in [2.45, 2.75) is 26.3 Å². The minimum Gasteiger partial charge on any atom is -0.497 e. The zero-order chi connectivity index (χ0) is 15.9. The maximum Gasteiger partial charge on any atom is 0.123 e. The molecule has 3 heteroatoms. The first-order valence-corrected chi connectivity index (χ1v) is 7.73. The van der Waals surface area contributed by atoms with Gasteiger partial charge >= 0.3 is 0 Å². The molecule has 0 aliphatic heterocycles. The lowest BCUT2D eigenvalue weighted by atomic mass is 9.98. The van der Waals surface area contributed by atoms with Gasteiger partial charge in [0.2, 0.25) is 0 Å². The molecule has 118 valence electrons. The van der Waals surface area contributed by atoms with Gasteiger partial charge in [0.1, 0.15) is 11.6 Å². The lowest BCUT2D eigenvalue weighted by Crippen LogP contribution is -2.24. The SMILES string of the molecule is COc1ccc(C(NCCC(C)C)c2ccc(F)cc2)cc1. The summed E-state index contributed by atoms with van der Waals surface area (Å²) in [6.07, 6.45) is 1.11. The number of halogens is 1. The van der Waals surface area contributed by atoms with E-state index in [-0.39, 0.29) is 11.9 Å². The molecule has 2 rings (SSSR count). The fourth-order valence-corrected chi connectivity index (χ4v) is 2.40. The Morgan fingerprint density at radius 3 is 2.00 bits per heavy atom. The van der Waals surface area contributed by atoms with E-state index in [9.17, 15) is 4.39 Å². The van der Waals surface area contributed by atoms with E-state index in [2.05, 4.69) is 31.3 Å². The molecule has 22 heavy (non-hydrogen) atoms. The Kier molecular flexibility index (Phi) is 5.96. The van der Waals surface area contributed by atoms with Crippen molar-refractivity contribution in [2.75, 3.05) is 13.7 Å². The Balaban J connectivity index is 2.21. The van der Waals surface area contributed by atoms with E-state index in [0.29, 0.717) is 5.92 Å². The Morgan fingerprint density at radius 1 is 0.955 bits per heavy atom. The summed E-state index contributed by atoms with van der Waals surface area (Å²) in [5.74, 6) is 1.28. The van der Waals surface area contributed by atoms with E-state index in [1.165, 1.54) is 12.1 Å². The minimum atomic E-state index is -0.209. The molecule has 0 aliphatic carbocycles. The molecule has 2 aromatic rings. The third kappa shape index (κ3) is 4.57. The highest BCUT2D eigenvalue weighted by Crippen LogP contribution is 2.24. The Bertz CT molecular complexity index is 563. The summed E-state index contributed by atoms with van der Waals surface area (Å²) in [4.78, 5) is 0. The summed E-state index contributed by atoms with van der Waals surface area (Å²) in [7, 11) is 1.66. The number of methoxy groups -OCH3 is 1. The summed E-state index contributed by atoms with van der Waals surface area (Å²) in [5.41, 5.74) is 2.21. The average Bonchev–Trinajstić information content (AvgIpc) is 2.53. The van der Waals surface area contributed by atoms with Crippen LogP contribution in [-0.2, 0) is 0 Å². The Morgan fingerprint density at radius 2 is 1.50 bits per heavy atom. The lowest BCUT2D eigenvalue weighted by molar-refractivity contribution is 0.414. The minimum absolute atomic E-state index is 0.0604. The van der Waals surface area contributed by atoms with Crippen LogP contribution in [0, 0.1) is 11.7 Å². The number of hydrogen-bond acceptors (Lipinski definition) is 2. The molecular weight excluding hydrogens is 277 g/mol. The van der Waals surface area contributed by atoms with E-state index >= 15 is 0 Å². The van der Waals surface area contributed by atoms with Gasteiger partial charge in [-0.3, -0.25) is 0 Å². The second-order valence-corrected chi connectivity index (χ2v) is 5.89. The molecule has 0 aromatic heterocycles. The first-order chi connectivity index (χ1) is 10.6. The summed E-state index contributed by atoms with van der Waals surface area (Å²) < 4.78 is 18.4. The molecular formula is C19H24FNO. The van der Waals surface area contributed by atoms with Crippen LogP contribution in [0.3, 0.4) is 0 Å². The zero-order valence-corrected chi connectivity index (χ0v) is 13.5. The molecule has 2 aromatic carbocycles. The van der Waals surface area contributed by atoms with Crippen LogP contribution in [0.2, 0.25) is 0 Å².